The van der Waals surface area contributed by atoms with Crippen molar-refractivity contribution in [3.05, 3.63) is 53.1 Å². The summed E-state index contributed by atoms with van der Waals surface area (Å²) in [6.45, 7) is 4.58. The molecule has 1 N–H and O–H groups in total. The Morgan fingerprint density at radius 1 is 1.24 bits per heavy atom. The highest BCUT2D eigenvalue weighted by atomic mass is 16.5. The van der Waals surface area contributed by atoms with Gasteiger partial charge in [-0.15, -0.1) is 0 Å². The lowest BCUT2D eigenvalue weighted by atomic mass is 10.0. The number of benzene rings is 2. The van der Waals surface area contributed by atoms with Crippen LogP contribution >= 0.6 is 0 Å². The van der Waals surface area contributed by atoms with Crippen LogP contribution in [-0.2, 0) is 13.0 Å². The summed E-state index contributed by atoms with van der Waals surface area (Å²) in [4.78, 5) is 0. The van der Waals surface area contributed by atoms with Crippen molar-refractivity contribution in [1.82, 2.24) is 0 Å². The number of furan rings is 1. The van der Waals surface area contributed by atoms with Gasteiger partial charge < -0.3 is 19.0 Å². The number of phenolic OH excluding ortho intramolecular Hbond substituents is 1. The van der Waals surface area contributed by atoms with E-state index in [1.165, 1.54) is 5.57 Å². The van der Waals surface area contributed by atoms with E-state index in [1.54, 1.807) is 19.2 Å². The highest BCUT2D eigenvalue weighted by Crippen LogP contribution is 2.45. The minimum absolute atomic E-state index is 0.184. The largest absolute Gasteiger partial charge is 0.508 e. The first-order valence-corrected chi connectivity index (χ1v) is 8.28. The predicted octanol–water partition coefficient (Wildman–Crippen LogP) is 5.22. The van der Waals surface area contributed by atoms with Crippen LogP contribution in [0.4, 0.5) is 0 Å². The van der Waals surface area contributed by atoms with Gasteiger partial charge in [0.2, 0.25) is 0 Å². The van der Waals surface area contributed by atoms with E-state index in [0.29, 0.717) is 12.4 Å². The van der Waals surface area contributed by atoms with E-state index < -0.39 is 0 Å². The third kappa shape index (κ3) is 2.64. The Labute approximate surface area is 146 Å². The Morgan fingerprint density at radius 2 is 2.08 bits per heavy atom. The van der Waals surface area contributed by atoms with Gasteiger partial charge in [0.25, 0.3) is 0 Å². The molecule has 0 bridgehead atoms. The maximum absolute atomic E-state index is 9.65. The van der Waals surface area contributed by atoms with Gasteiger partial charge >= 0.3 is 0 Å². The van der Waals surface area contributed by atoms with Crippen LogP contribution in [-0.4, -0.2) is 12.2 Å². The molecule has 2 heterocycles. The van der Waals surface area contributed by atoms with Crippen LogP contribution in [0.5, 0.6) is 17.2 Å². The average Bonchev–Trinajstić information content (AvgIpc) is 2.96. The molecule has 4 nitrogen and oxygen atoms in total. The molecule has 0 aliphatic carbocycles. The summed E-state index contributed by atoms with van der Waals surface area (Å²) < 4.78 is 17.6. The molecular weight excluding hydrogens is 316 g/mol. The highest BCUT2D eigenvalue weighted by Gasteiger charge is 2.25. The molecular formula is C21H20O4. The SMILES string of the molecule is COc1cc2c3c(oc2cc1CC=C(C)C)-c1ccc(O)cc1OC3. The second kappa shape index (κ2) is 5.88. The lowest BCUT2D eigenvalue weighted by molar-refractivity contribution is 0.298. The van der Waals surface area contributed by atoms with Crippen LogP contribution in [0, 0.1) is 0 Å². The minimum Gasteiger partial charge on any atom is -0.508 e. The standard InChI is InChI=1S/C21H20O4/c1-12(2)4-5-13-8-20-16(10-18(13)23-3)17-11-24-19-9-14(22)6-7-15(19)21(17)25-20/h4,6-10,22H,5,11H2,1-3H3. The van der Waals surface area contributed by atoms with E-state index in [1.807, 2.05) is 18.2 Å². The van der Waals surface area contributed by atoms with Crippen LogP contribution in [0.15, 0.2) is 46.4 Å². The molecule has 0 radical (unpaired) electrons. The van der Waals surface area contributed by atoms with Gasteiger partial charge in [0, 0.05) is 22.6 Å². The summed E-state index contributed by atoms with van der Waals surface area (Å²) in [7, 11) is 1.69. The van der Waals surface area contributed by atoms with Gasteiger partial charge in [0.15, 0.2) is 0 Å². The molecule has 0 saturated heterocycles. The van der Waals surface area contributed by atoms with Crippen molar-refractivity contribution in [3.63, 3.8) is 0 Å². The van der Waals surface area contributed by atoms with Crippen molar-refractivity contribution in [2.24, 2.45) is 0 Å². The second-order valence-electron chi connectivity index (χ2n) is 6.52. The zero-order chi connectivity index (χ0) is 17.6. The highest BCUT2D eigenvalue weighted by molar-refractivity contribution is 5.91. The fraction of sp³-hybridized carbons (Fsp3) is 0.238. The number of allylic oxidation sites excluding steroid dienone is 2. The third-order valence-electron chi connectivity index (χ3n) is 4.51. The molecule has 1 aliphatic heterocycles. The van der Waals surface area contributed by atoms with Crippen molar-refractivity contribution < 1.29 is 19.0 Å². The Morgan fingerprint density at radius 3 is 2.84 bits per heavy atom. The van der Waals surface area contributed by atoms with Gasteiger partial charge in [-0.3, -0.25) is 0 Å². The van der Waals surface area contributed by atoms with Crippen LogP contribution in [0.1, 0.15) is 25.0 Å². The normalized spacial score (nSPS) is 12.3. The van der Waals surface area contributed by atoms with E-state index in [9.17, 15) is 5.11 Å². The number of phenols is 1. The zero-order valence-corrected chi connectivity index (χ0v) is 14.6. The monoisotopic (exact) mass is 336 g/mol. The van der Waals surface area contributed by atoms with Gasteiger partial charge in [-0.2, -0.15) is 0 Å². The zero-order valence-electron chi connectivity index (χ0n) is 14.6. The lowest BCUT2D eigenvalue weighted by Gasteiger charge is -2.16. The first-order valence-electron chi connectivity index (χ1n) is 8.28. The second-order valence-corrected chi connectivity index (χ2v) is 6.52. The number of rotatable bonds is 3. The summed E-state index contributed by atoms with van der Waals surface area (Å²) in [6.07, 6.45) is 2.97. The van der Waals surface area contributed by atoms with Crippen LogP contribution in [0.3, 0.4) is 0 Å². The van der Waals surface area contributed by atoms with Gasteiger partial charge in [-0.1, -0.05) is 11.6 Å². The van der Waals surface area contributed by atoms with Gasteiger partial charge in [-0.05, 0) is 44.5 Å². The molecule has 3 aromatic rings. The summed E-state index contributed by atoms with van der Waals surface area (Å²) in [5, 5.41) is 10.7. The maximum Gasteiger partial charge on any atom is 0.145 e. The molecule has 0 unspecified atom stereocenters. The fourth-order valence-electron chi connectivity index (χ4n) is 3.21. The molecule has 0 amide bonds. The van der Waals surface area contributed by atoms with E-state index in [-0.39, 0.29) is 5.75 Å². The number of aromatic hydroxyl groups is 1. The first kappa shape index (κ1) is 15.6. The molecule has 0 saturated carbocycles. The van der Waals surface area contributed by atoms with Crippen molar-refractivity contribution in [2.75, 3.05) is 7.11 Å². The molecule has 25 heavy (non-hydrogen) atoms. The fourth-order valence-corrected chi connectivity index (χ4v) is 3.21. The molecule has 0 atom stereocenters. The third-order valence-corrected chi connectivity index (χ3v) is 4.51. The van der Waals surface area contributed by atoms with E-state index in [4.69, 9.17) is 13.9 Å². The molecule has 0 fully saturated rings. The summed E-state index contributed by atoms with van der Waals surface area (Å²) in [5.74, 6) is 2.48. The predicted molar refractivity (Wildman–Crippen MR) is 97.3 cm³/mol. The lowest BCUT2D eigenvalue weighted by Crippen LogP contribution is -2.03. The van der Waals surface area contributed by atoms with Crippen molar-refractivity contribution >= 4 is 11.0 Å². The Bertz CT molecular complexity index is 991. The number of ether oxygens (including phenoxy) is 2. The molecule has 1 aromatic heterocycles. The van der Waals surface area contributed by atoms with E-state index >= 15 is 0 Å². The van der Waals surface area contributed by atoms with Gasteiger partial charge in [-0.25, -0.2) is 0 Å². The molecule has 2 aromatic carbocycles. The number of fused-ring (bicyclic) bond motifs is 5. The molecule has 4 heteroatoms. The van der Waals surface area contributed by atoms with Gasteiger partial charge in [0.1, 0.15) is 35.2 Å². The number of methoxy groups -OCH3 is 1. The Hall–Kier alpha value is -2.88. The number of hydrogen-bond acceptors (Lipinski definition) is 4. The average molecular weight is 336 g/mol. The van der Waals surface area contributed by atoms with Crippen LogP contribution in [0.25, 0.3) is 22.3 Å². The van der Waals surface area contributed by atoms with E-state index in [0.717, 1.165) is 45.6 Å². The smallest absolute Gasteiger partial charge is 0.145 e. The van der Waals surface area contributed by atoms with Crippen molar-refractivity contribution in [2.45, 2.75) is 26.9 Å². The van der Waals surface area contributed by atoms with Crippen molar-refractivity contribution in [3.8, 4) is 28.6 Å². The van der Waals surface area contributed by atoms with Gasteiger partial charge in [0.05, 0.1) is 12.7 Å². The summed E-state index contributed by atoms with van der Waals surface area (Å²) in [5.41, 5.74) is 5.06. The molecule has 0 spiro atoms. The van der Waals surface area contributed by atoms with Crippen molar-refractivity contribution in [1.29, 1.82) is 0 Å². The Kier molecular flexibility index (Phi) is 3.68. The van der Waals surface area contributed by atoms with Crippen LogP contribution < -0.4 is 9.47 Å². The maximum atomic E-state index is 9.65. The number of hydrogen-bond donors (Lipinski definition) is 1. The quantitative estimate of drug-likeness (QED) is 0.667. The summed E-state index contributed by atoms with van der Waals surface area (Å²) in [6, 6.07) is 9.16. The minimum atomic E-state index is 0.184. The van der Waals surface area contributed by atoms with E-state index in [2.05, 4.69) is 19.9 Å². The molecule has 1 aliphatic rings. The Balaban J connectivity index is 1.89. The molecule has 128 valence electrons. The summed E-state index contributed by atoms with van der Waals surface area (Å²) >= 11 is 0. The first-order chi connectivity index (χ1) is 12.1. The van der Waals surface area contributed by atoms with Crippen LogP contribution in [0.2, 0.25) is 0 Å². The molecule has 4 rings (SSSR count). The topological polar surface area (TPSA) is 51.8 Å².